The van der Waals surface area contributed by atoms with E-state index in [0.717, 1.165) is 38.5 Å². The molecule has 4 N–H and O–H groups in total. The van der Waals surface area contributed by atoms with E-state index in [4.69, 9.17) is 5.73 Å². The number of hydrogen-bond acceptors (Lipinski definition) is 3. The molecule has 2 fully saturated rings. The van der Waals surface area contributed by atoms with Crippen LogP contribution in [0.25, 0.3) is 0 Å². The first-order valence-corrected chi connectivity index (χ1v) is 6.85. The van der Waals surface area contributed by atoms with Gasteiger partial charge < -0.3 is 16.4 Å². The van der Waals surface area contributed by atoms with Crippen molar-refractivity contribution in [1.29, 1.82) is 0 Å². The van der Waals surface area contributed by atoms with Crippen molar-refractivity contribution in [3.05, 3.63) is 0 Å². The van der Waals surface area contributed by atoms with Gasteiger partial charge in [-0.1, -0.05) is 12.8 Å². The molecule has 0 aromatic carbocycles. The lowest BCUT2D eigenvalue weighted by molar-refractivity contribution is -0.131. The van der Waals surface area contributed by atoms with Crippen LogP contribution in [0.1, 0.15) is 45.4 Å². The zero-order chi connectivity index (χ0) is 13.2. The summed E-state index contributed by atoms with van der Waals surface area (Å²) in [4.78, 5) is 23.5. The fourth-order valence-electron chi connectivity index (χ4n) is 2.59. The van der Waals surface area contributed by atoms with Crippen LogP contribution in [0.15, 0.2) is 0 Å². The van der Waals surface area contributed by atoms with Crippen molar-refractivity contribution in [2.45, 2.75) is 57.0 Å². The highest BCUT2D eigenvalue weighted by atomic mass is 16.2. The van der Waals surface area contributed by atoms with Crippen LogP contribution in [0.5, 0.6) is 0 Å². The quantitative estimate of drug-likeness (QED) is 0.673. The third-order valence-corrected chi connectivity index (χ3v) is 3.94. The van der Waals surface area contributed by atoms with Crippen LogP contribution in [-0.4, -0.2) is 29.9 Å². The lowest BCUT2D eigenvalue weighted by Gasteiger charge is -2.37. The zero-order valence-corrected chi connectivity index (χ0v) is 11.0. The Morgan fingerprint density at radius 1 is 1.28 bits per heavy atom. The molecule has 0 aromatic heterocycles. The van der Waals surface area contributed by atoms with Gasteiger partial charge in [-0.25, -0.2) is 0 Å². The molecule has 2 aliphatic carbocycles. The van der Waals surface area contributed by atoms with Gasteiger partial charge in [0.2, 0.25) is 11.8 Å². The van der Waals surface area contributed by atoms with Gasteiger partial charge in [0.05, 0.1) is 12.5 Å². The monoisotopic (exact) mass is 253 g/mol. The molecule has 5 heteroatoms. The topological polar surface area (TPSA) is 84.2 Å². The summed E-state index contributed by atoms with van der Waals surface area (Å²) in [5, 5.41) is 5.56. The first-order chi connectivity index (χ1) is 8.49. The van der Waals surface area contributed by atoms with Crippen molar-refractivity contribution in [2.75, 3.05) is 6.54 Å². The highest BCUT2D eigenvalue weighted by molar-refractivity contribution is 5.86. The van der Waals surface area contributed by atoms with Crippen LogP contribution in [0.4, 0.5) is 0 Å². The molecule has 102 valence electrons. The minimum absolute atomic E-state index is 0.0713. The van der Waals surface area contributed by atoms with E-state index in [1.165, 1.54) is 0 Å². The largest absolute Gasteiger partial charge is 0.352 e. The minimum atomic E-state index is -0.435. The molecule has 2 rings (SSSR count). The second-order valence-corrected chi connectivity index (χ2v) is 5.86. The molecule has 0 heterocycles. The van der Waals surface area contributed by atoms with Crippen LogP contribution in [0.3, 0.4) is 0 Å². The maximum Gasteiger partial charge on any atom is 0.239 e. The summed E-state index contributed by atoms with van der Waals surface area (Å²) in [5.41, 5.74) is 5.72. The van der Waals surface area contributed by atoms with Gasteiger partial charge >= 0.3 is 0 Å². The van der Waals surface area contributed by atoms with Gasteiger partial charge in [0.25, 0.3) is 0 Å². The minimum Gasteiger partial charge on any atom is -0.352 e. The molecule has 0 spiro atoms. The standard InChI is InChI=1S/C13H23N3O2/c1-13(14)7-3-2-4-10(13)12(18)15-8-11(17)16-9-5-6-9/h9-10H,2-8,14H2,1H3,(H,15,18)(H,16,17). The Morgan fingerprint density at radius 2 is 2.00 bits per heavy atom. The number of carbonyl (C=O) groups excluding carboxylic acids is 2. The van der Waals surface area contributed by atoms with E-state index in [1.807, 2.05) is 6.92 Å². The van der Waals surface area contributed by atoms with Crippen molar-refractivity contribution in [2.24, 2.45) is 11.7 Å². The fourth-order valence-corrected chi connectivity index (χ4v) is 2.59. The van der Waals surface area contributed by atoms with Crippen molar-refractivity contribution in [3.63, 3.8) is 0 Å². The number of nitrogens with two attached hydrogens (primary N) is 1. The summed E-state index contributed by atoms with van der Waals surface area (Å²) >= 11 is 0. The molecule has 2 saturated carbocycles. The van der Waals surface area contributed by atoms with E-state index in [-0.39, 0.29) is 24.3 Å². The Hall–Kier alpha value is -1.10. The number of rotatable bonds is 4. The molecule has 0 bridgehead atoms. The second kappa shape index (κ2) is 5.26. The van der Waals surface area contributed by atoms with Gasteiger partial charge in [0.1, 0.15) is 0 Å². The Labute approximate surface area is 108 Å². The zero-order valence-electron chi connectivity index (χ0n) is 11.0. The number of nitrogens with one attached hydrogen (secondary N) is 2. The van der Waals surface area contributed by atoms with Crippen molar-refractivity contribution in [1.82, 2.24) is 10.6 Å². The van der Waals surface area contributed by atoms with Crippen LogP contribution < -0.4 is 16.4 Å². The molecular weight excluding hydrogens is 230 g/mol. The second-order valence-electron chi connectivity index (χ2n) is 5.86. The first kappa shape index (κ1) is 13.3. The van der Waals surface area contributed by atoms with E-state index >= 15 is 0 Å². The predicted octanol–water partition coefficient (Wildman–Crippen LogP) is 0.289. The van der Waals surface area contributed by atoms with Crippen molar-refractivity contribution in [3.8, 4) is 0 Å². The van der Waals surface area contributed by atoms with Crippen LogP contribution >= 0.6 is 0 Å². The fraction of sp³-hybridized carbons (Fsp3) is 0.846. The SMILES string of the molecule is CC1(N)CCCCC1C(=O)NCC(=O)NC1CC1. The van der Waals surface area contributed by atoms with Gasteiger partial charge in [0.15, 0.2) is 0 Å². The molecule has 2 amide bonds. The van der Waals surface area contributed by atoms with Crippen LogP contribution in [0.2, 0.25) is 0 Å². The van der Waals surface area contributed by atoms with Gasteiger partial charge in [-0.3, -0.25) is 9.59 Å². The summed E-state index contributed by atoms with van der Waals surface area (Å²) in [6.07, 6.45) is 5.94. The highest BCUT2D eigenvalue weighted by Gasteiger charge is 2.37. The maximum absolute atomic E-state index is 12.0. The van der Waals surface area contributed by atoms with Crippen LogP contribution in [0, 0.1) is 5.92 Å². The molecular formula is C13H23N3O2. The Bertz CT molecular complexity index is 337. The van der Waals surface area contributed by atoms with Gasteiger partial charge in [-0.05, 0) is 32.6 Å². The highest BCUT2D eigenvalue weighted by Crippen LogP contribution is 2.31. The average molecular weight is 253 g/mol. The Balaban J connectivity index is 1.77. The first-order valence-electron chi connectivity index (χ1n) is 6.85. The van der Waals surface area contributed by atoms with E-state index in [9.17, 15) is 9.59 Å². The molecule has 0 aliphatic heterocycles. The van der Waals surface area contributed by atoms with Crippen molar-refractivity contribution < 1.29 is 9.59 Å². The number of hydrogen-bond donors (Lipinski definition) is 3. The lowest BCUT2D eigenvalue weighted by atomic mass is 9.74. The maximum atomic E-state index is 12.0. The Morgan fingerprint density at radius 3 is 2.61 bits per heavy atom. The van der Waals surface area contributed by atoms with Crippen LogP contribution in [-0.2, 0) is 9.59 Å². The summed E-state index contributed by atoms with van der Waals surface area (Å²) in [7, 11) is 0. The van der Waals surface area contributed by atoms with Crippen molar-refractivity contribution >= 4 is 11.8 Å². The summed E-state index contributed by atoms with van der Waals surface area (Å²) < 4.78 is 0. The van der Waals surface area contributed by atoms with Gasteiger partial charge in [0, 0.05) is 11.6 Å². The van der Waals surface area contributed by atoms with E-state index < -0.39 is 5.54 Å². The molecule has 2 unspecified atom stereocenters. The van der Waals surface area contributed by atoms with E-state index in [1.54, 1.807) is 0 Å². The Kier molecular flexibility index (Phi) is 3.90. The molecule has 5 nitrogen and oxygen atoms in total. The number of amides is 2. The smallest absolute Gasteiger partial charge is 0.239 e. The molecule has 0 aromatic rings. The van der Waals surface area contributed by atoms with Gasteiger partial charge in [-0.15, -0.1) is 0 Å². The summed E-state index contributed by atoms with van der Waals surface area (Å²) in [5.74, 6) is -0.342. The molecule has 0 radical (unpaired) electrons. The van der Waals surface area contributed by atoms with Gasteiger partial charge in [-0.2, -0.15) is 0 Å². The molecule has 2 atom stereocenters. The number of carbonyl (C=O) groups is 2. The summed E-state index contributed by atoms with van der Waals surface area (Å²) in [6.45, 7) is 2.00. The van der Waals surface area contributed by atoms with E-state index in [2.05, 4.69) is 10.6 Å². The van der Waals surface area contributed by atoms with E-state index in [0.29, 0.717) is 6.04 Å². The predicted molar refractivity (Wildman–Crippen MR) is 68.7 cm³/mol. The molecule has 2 aliphatic rings. The normalized spacial score (nSPS) is 31.8. The molecule has 18 heavy (non-hydrogen) atoms. The average Bonchev–Trinajstić information content (AvgIpc) is 3.09. The summed E-state index contributed by atoms with van der Waals surface area (Å²) in [6, 6.07) is 0.337. The lowest BCUT2D eigenvalue weighted by Crippen LogP contribution is -2.53. The molecule has 0 saturated heterocycles. The third kappa shape index (κ3) is 3.45. The third-order valence-electron chi connectivity index (χ3n) is 3.94.